The lowest BCUT2D eigenvalue weighted by Crippen LogP contribution is -2.40. The molecule has 0 unspecified atom stereocenters. The summed E-state index contributed by atoms with van der Waals surface area (Å²) >= 11 is 0. The van der Waals surface area contributed by atoms with Gasteiger partial charge in [-0.05, 0) is 56.5 Å². The van der Waals surface area contributed by atoms with Crippen LogP contribution in [0, 0.1) is 0 Å². The van der Waals surface area contributed by atoms with E-state index in [-0.39, 0.29) is 12.2 Å². The lowest BCUT2D eigenvalue weighted by atomic mass is 10.1. The van der Waals surface area contributed by atoms with E-state index in [0.717, 1.165) is 24.4 Å². The summed E-state index contributed by atoms with van der Waals surface area (Å²) in [6.07, 6.45) is 2.43. The summed E-state index contributed by atoms with van der Waals surface area (Å²) in [6, 6.07) is 6.07. The van der Waals surface area contributed by atoms with Crippen molar-refractivity contribution in [3.63, 3.8) is 0 Å². The maximum atomic E-state index is 5.94. The molecule has 6 nitrogen and oxygen atoms in total. The summed E-state index contributed by atoms with van der Waals surface area (Å²) < 4.78 is 17.3. The van der Waals surface area contributed by atoms with Crippen molar-refractivity contribution in [1.82, 2.24) is 15.1 Å². The molecule has 4 rings (SSSR count). The van der Waals surface area contributed by atoms with Crippen LogP contribution in [0.2, 0.25) is 0 Å². The maximum Gasteiger partial charge on any atom is 0.247 e. The smallest absolute Gasteiger partial charge is 0.247 e. The van der Waals surface area contributed by atoms with E-state index in [4.69, 9.17) is 13.9 Å². The van der Waals surface area contributed by atoms with Crippen LogP contribution >= 0.6 is 0 Å². The molecule has 24 heavy (non-hydrogen) atoms. The van der Waals surface area contributed by atoms with Crippen LogP contribution in [0.3, 0.4) is 0 Å². The minimum atomic E-state index is -0.166. The Hall–Kier alpha value is -1.92. The molecule has 0 bridgehead atoms. The molecule has 6 heteroatoms. The first kappa shape index (κ1) is 15.6. The Balaban J connectivity index is 1.59. The highest BCUT2D eigenvalue weighted by Gasteiger charge is 2.30. The van der Waals surface area contributed by atoms with Gasteiger partial charge < -0.3 is 18.8 Å². The molecule has 2 aliphatic rings. The Labute approximate surface area is 141 Å². The fourth-order valence-corrected chi connectivity index (χ4v) is 3.36. The van der Waals surface area contributed by atoms with Crippen LogP contribution in [0.1, 0.15) is 43.2 Å². The van der Waals surface area contributed by atoms with Crippen LogP contribution in [0.15, 0.2) is 22.6 Å². The van der Waals surface area contributed by atoms with Gasteiger partial charge in [-0.15, -0.1) is 10.2 Å². The number of ether oxygens (including phenoxy) is 2. The van der Waals surface area contributed by atoms with Crippen molar-refractivity contribution in [3.8, 4) is 17.2 Å². The molecular weight excluding hydrogens is 306 g/mol. The number of hydrogen-bond acceptors (Lipinski definition) is 6. The van der Waals surface area contributed by atoms with Gasteiger partial charge in [0.05, 0.1) is 13.2 Å². The van der Waals surface area contributed by atoms with E-state index in [1.165, 1.54) is 18.4 Å². The Bertz CT molecular complexity index is 716. The third-order valence-corrected chi connectivity index (χ3v) is 4.65. The molecule has 1 aromatic carbocycles. The molecule has 0 amide bonds. The molecule has 2 atom stereocenters. The van der Waals surface area contributed by atoms with Gasteiger partial charge in [-0.2, -0.15) is 0 Å². The highest BCUT2D eigenvalue weighted by molar-refractivity contribution is 5.58. The normalized spacial score (nSPS) is 25.0. The number of aromatic nitrogens is 2. The summed E-state index contributed by atoms with van der Waals surface area (Å²) in [5.74, 6) is 2.62. The predicted molar refractivity (Wildman–Crippen MR) is 89.0 cm³/mol. The van der Waals surface area contributed by atoms with E-state index in [1.807, 2.05) is 12.1 Å². The molecule has 0 radical (unpaired) electrons. The molecule has 2 fully saturated rings. The summed E-state index contributed by atoms with van der Waals surface area (Å²) in [5.41, 5.74) is 2.17. The topological polar surface area (TPSA) is 60.6 Å². The van der Waals surface area contributed by atoms with Gasteiger partial charge in [0, 0.05) is 18.7 Å². The van der Waals surface area contributed by atoms with Gasteiger partial charge in [0.15, 0.2) is 0 Å². The molecule has 1 aliphatic heterocycles. The molecule has 2 heterocycles. The molecule has 128 valence electrons. The number of morpholine rings is 1. The van der Waals surface area contributed by atoms with Crippen LogP contribution in [0.5, 0.6) is 5.75 Å². The van der Waals surface area contributed by atoms with Crippen molar-refractivity contribution in [2.24, 2.45) is 0 Å². The average molecular weight is 329 g/mol. The van der Waals surface area contributed by atoms with Gasteiger partial charge in [-0.25, -0.2) is 0 Å². The van der Waals surface area contributed by atoms with Gasteiger partial charge in [-0.3, -0.25) is 0 Å². The third-order valence-electron chi connectivity index (χ3n) is 4.65. The first-order valence-corrected chi connectivity index (χ1v) is 8.49. The van der Waals surface area contributed by atoms with Gasteiger partial charge in [0.2, 0.25) is 11.8 Å². The van der Waals surface area contributed by atoms with Gasteiger partial charge in [-0.1, -0.05) is 0 Å². The van der Waals surface area contributed by atoms with Crippen LogP contribution < -0.4 is 4.74 Å². The summed E-state index contributed by atoms with van der Waals surface area (Å²) in [7, 11) is 3.79. The van der Waals surface area contributed by atoms with Crippen molar-refractivity contribution in [2.45, 2.75) is 37.9 Å². The zero-order chi connectivity index (χ0) is 16.7. The summed E-state index contributed by atoms with van der Waals surface area (Å²) in [6.45, 7) is 3.74. The monoisotopic (exact) mass is 329 g/mol. The predicted octanol–water partition coefficient (Wildman–Crippen LogP) is 3.01. The molecule has 0 N–H and O–H groups in total. The number of benzene rings is 1. The largest absolute Gasteiger partial charge is 0.496 e. The molecule has 1 saturated heterocycles. The number of methoxy groups -OCH3 is 1. The number of likely N-dealkylation sites (N-methyl/N-ethyl adjacent to an activating group) is 1. The van der Waals surface area contributed by atoms with Crippen LogP contribution in [-0.2, 0) is 4.74 Å². The van der Waals surface area contributed by atoms with Crippen LogP contribution in [-0.4, -0.2) is 48.4 Å². The minimum Gasteiger partial charge on any atom is -0.496 e. The zero-order valence-corrected chi connectivity index (χ0v) is 14.4. The Kier molecular flexibility index (Phi) is 4.02. The SMILES string of the molecule is COc1ccc(-c2nnc([C@H]3CN(C)C[C@@H](C)O3)o2)cc1C1CC1. The first-order chi connectivity index (χ1) is 11.6. The quantitative estimate of drug-likeness (QED) is 0.859. The molecule has 0 spiro atoms. The van der Waals surface area contributed by atoms with Gasteiger partial charge in [0.25, 0.3) is 0 Å². The molecule has 1 saturated carbocycles. The fourth-order valence-electron chi connectivity index (χ4n) is 3.36. The van der Waals surface area contributed by atoms with E-state index in [1.54, 1.807) is 7.11 Å². The number of hydrogen-bond donors (Lipinski definition) is 0. The molecule has 1 aromatic heterocycles. The molecule has 1 aliphatic carbocycles. The maximum absolute atomic E-state index is 5.94. The second-order valence-electron chi connectivity index (χ2n) is 6.83. The lowest BCUT2D eigenvalue weighted by molar-refractivity contribution is -0.0821. The van der Waals surface area contributed by atoms with Crippen LogP contribution in [0.4, 0.5) is 0 Å². The fraction of sp³-hybridized carbons (Fsp3) is 0.556. The second-order valence-corrected chi connectivity index (χ2v) is 6.83. The standard InChI is InChI=1S/C18H23N3O3/c1-11-9-21(2)10-16(23-11)18-20-19-17(24-18)13-6-7-15(22-3)14(8-13)12-4-5-12/h6-8,11-12,16H,4-5,9-10H2,1-3H3/t11-,16-/m1/s1. The van der Waals surface area contributed by atoms with Crippen molar-refractivity contribution in [3.05, 3.63) is 29.7 Å². The highest BCUT2D eigenvalue weighted by Crippen LogP contribution is 2.45. The van der Waals surface area contributed by atoms with Gasteiger partial charge >= 0.3 is 0 Å². The van der Waals surface area contributed by atoms with E-state index < -0.39 is 0 Å². The van der Waals surface area contributed by atoms with E-state index in [0.29, 0.717) is 17.7 Å². The second kappa shape index (κ2) is 6.18. The van der Waals surface area contributed by atoms with Crippen molar-refractivity contribution < 1.29 is 13.9 Å². The Morgan fingerprint density at radius 2 is 2.04 bits per heavy atom. The van der Waals surface area contributed by atoms with E-state index in [9.17, 15) is 0 Å². The van der Waals surface area contributed by atoms with E-state index >= 15 is 0 Å². The first-order valence-electron chi connectivity index (χ1n) is 8.49. The number of nitrogens with zero attached hydrogens (tertiary/aromatic N) is 3. The lowest BCUT2D eigenvalue weighted by Gasteiger charge is -2.32. The van der Waals surface area contributed by atoms with Crippen molar-refractivity contribution in [1.29, 1.82) is 0 Å². The third kappa shape index (κ3) is 3.03. The minimum absolute atomic E-state index is 0.159. The molecule has 2 aromatic rings. The van der Waals surface area contributed by atoms with Crippen molar-refractivity contribution >= 4 is 0 Å². The summed E-state index contributed by atoms with van der Waals surface area (Å²) in [4.78, 5) is 2.22. The highest BCUT2D eigenvalue weighted by atomic mass is 16.5. The van der Waals surface area contributed by atoms with Gasteiger partial charge in [0.1, 0.15) is 11.9 Å². The average Bonchev–Trinajstić information content (AvgIpc) is 3.29. The number of rotatable bonds is 4. The van der Waals surface area contributed by atoms with Crippen LogP contribution in [0.25, 0.3) is 11.5 Å². The summed E-state index contributed by atoms with van der Waals surface area (Å²) in [5, 5.41) is 8.45. The zero-order valence-electron chi connectivity index (χ0n) is 14.4. The van der Waals surface area contributed by atoms with E-state index in [2.05, 4.69) is 35.1 Å². The molecular formula is C18H23N3O3. The Morgan fingerprint density at radius 1 is 1.21 bits per heavy atom. The van der Waals surface area contributed by atoms with Crippen molar-refractivity contribution in [2.75, 3.05) is 27.2 Å². The Morgan fingerprint density at radius 3 is 2.75 bits per heavy atom.